The Labute approximate surface area is 69.7 Å². The first-order chi connectivity index (χ1) is 4.31. The second-order valence-electron chi connectivity index (χ2n) is 4.19. The minimum Gasteiger partial charge on any atom is -0.423 e. The minimum atomic E-state index is -0.131. The second kappa shape index (κ2) is 3.19. The summed E-state index contributed by atoms with van der Waals surface area (Å²) in [4.78, 5) is 0. The van der Waals surface area contributed by atoms with Gasteiger partial charge in [-0.25, -0.2) is 0 Å². The SMILES string of the molecule is CC(C)(C)C(C)(C)O[SiH2][SiH3]. The summed E-state index contributed by atoms with van der Waals surface area (Å²) in [6.45, 7) is 11.1. The van der Waals surface area contributed by atoms with E-state index in [4.69, 9.17) is 4.43 Å². The van der Waals surface area contributed by atoms with Crippen molar-refractivity contribution in [1.29, 1.82) is 0 Å². The lowest BCUT2D eigenvalue weighted by molar-refractivity contribution is 0.00621. The molecule has 0 bridgehead atoms. The lowest BCUT2D eigenvalue weighted by atomic mass is 9.79. The van der Waals surface area contributed by atoms with Gasteiger partial charge in [-0.05, 0) is 19.3 Å². The van der Waals surface area contributed by atoms with Crippen LogP contribution in [0.15, 0.2) is 0 Å². The molecule has 0 atom stereocenters. The third kappa shape index (κ3) is 2.56. The molecule has 0 radical (unpaired) electrons. The van der Waals surface area contributed by atoms with Gasteiger partial charge in [-0.2, -0.15) is 0 Å². The maximum absolute atomic E-state index is 5.79. The predicted octanol–water partition coefficient (Wildman–Crippen LogP) is 0.192. The Balaban J connectivity index is 4.10. The largest absolute Gasteiger partial charge is 0.423 e. The topological polar surface area (TPSA) is 9.23 Å². The fourth-order valence-electron chi connectivity index (χ4n) is 0.577. The molecule has 0 saturated carbocycles. The average Bonchev–Trinajstić information content (AvgIpc) is 1.61. The van der Waals surface area contributed by atoms with Crippen molar-refractivity contribution in [2.45, 2.75) is 40.2 Å². The Morgan fingerprint density at radius 3 is 1.60 bits per heavy atom. The third-order valence-corrected chi connectivity index (χ3v) is 4.19. The van der Waals surface area contributed by atoms with Gasteiger partial charge in [0.25, 0.3) is 0 Å². The maximum atomic E-state index is 5.79. The van der Waals surface area contributed by atoms with Crippen molar-refractivity contribution in [3.8, 4) is 0 Å². The molecule has 1 nitrogen and oxygen atoms in total. The monoisotopic (exact) mass is 176 g/mol. The molecule has 0 aliphatic carbocycles. The Kier molecular flexibility index (Phi) is 3.32. The van der Waals surface area contributed by atoms with Crippen LogP contribution in [0.25, 0.3) is 0 Å². The van der Waals surface area contributed by atoms with Crippen LogP contribution in [0, 0.1) is 5.41 Å². The zero-order chi connectivity index (χ0) is 8.41. The first kappa shape index (κ1) is 10.4. The van der Waals surface area contributed by atoms with Crippen molar-refractivity contribution in [2.75, 3.05) is 0 Å². The molecule has 0 aliphatic heterocycles. The van der Waals surface area contributed by atoms with Crippen LogP contribution in [0.4, 0.5) is 0 Å². The Bertz CT molecular complexity index is 105. The minimum absolute atomic E-state index is 0.0843. The quantitative estimate of drug-likeness (QED) is 0.546. The lowest BCUT2D eigenvalue weighted by Gasteiger charge is -2.39. The molecule has 0 spiro atoms. The van der Waals surface area contributed by atoms with E-state index < -0.39 is 0 Å². The molecule has 0 rings (SSSR count). The van der Waals surface area contributed by atoms with Crippen LogP contribution >= 0.6 is 0 Å². The Morgan fingerprint density at radius 1 is 1.10 bits per heavy atom. The molecule has 3 heteroatoms. The molecule has 0 N–H and O–H groups in total. The number of hydrogen-bond donors (Lipinski definition) is 0. The van der Waals surface area contributed by atoms with Crippen LogP contribution in [-0.4, -0.2) is 24.6 Å². The van der Waals surface area contributed by atoms with E-state index in [1.54, 1.807) is 0 Å². The van der Waals surface area contributed by atoms with Gasteiger partial charge in [0.15, 0.2) is 0 Å². The highest BCUT2D eigenvalue weighted by Gasteiger charge is 2.32. The highest BCUT2D eigenvalue weighted by Crippen LogP contribution is 2.32. The summed E-state index contributed by atoms with van der Waals surface area (Å²) < 4.78 is 5.79. The molecule has 0 fully saturated rings. The van der Waals surface area contributed by atoms with Gasteiger partial charge >= 0.3 is 0 Å². The molecule has 0 saturated heterocycles. The highest BCUT2D eigenvalue weighted by molar-refractivity contribution is 6.85. The molecule has 10 heavy (non-hydrogen) atoms. The normalized spacial score (nSPS) is 15.3. The van der Waals surface area contributed by atoms with Gasteiger partial charge in [-0.3, -0.25) is 0 Å². The molecule has 0 aromatic heterocycles. The Morgan fingerprint density at radius 2 is 1.50 bits per heavy atom. The summed E-state index contributed by atoms with van der Waals surface area (Å²) in [5, 5.41) is 0. The molecule has 0 aromatic carbocycles. The van der Waals surface area contributed by atoms with E-state index in [2.05, 4.69) is 34.6 Å². The molecular weight excluding hydrogens is 156 g/mol. The first-order valence-electron chi connectivity index (χ1n) is 3.95. The fourth-order valence-corrected chi connectivity index (χ4v) is 3.90. The second-order valence-corrected chi connectivity index (χ2v) is 6.79. The van der Waals surface area contributed by atoms with Crippen molar-refractivity contribution >= 4 is 19.0 Å². The van der Waals surface area contributed by atoms with Crippen LogP contribution in [-0.2, 0) is 4.43 Å². The van der Waals surface area contributed by atoms with Crippen LogP contribution in [0.1, 0.15) is 34.6 Å². The molecular formula is C7H20OSi2. The van der Waals surface area contributed by atoms with Gasteiger partial charge in [0.05, 0.1) is 5.60 Å². The van der Waals surface area contributed by atoms with Crippen molar-refractivity contribution < 1.29 is 4.43 Å². The average molecular weight is 176 g/mol. The van der Waals surface area contributed by atoms with Gasteiger partial charge in [0, 0.05) is 9.76 Å². The van der Waals surface area contributed by atoms with E-state index in [1.807, 2.05) is 0 Å². The number of hydrogen-bond acceptors (Lipinski definition) is 1. The van der Waals surface area contributed by atoms with Crippen molar-refractivity contribution in [2.24, 2.45) is 5.41 Å². The van der Waals surface area contributed by atoms with E-state index in [9.17, 15) is 0 Å². The van der Waals surface area contributed by atoms with Gasteiger partial charge < -0.3 is 4.43 Å². The van der Waals surface area contributed by atoms with Gasteiger partial charge in [0.2, 0.25) is 0 Å². The Hall–Kier alpha value is 0.394. The van der Waals surface area contributed by atoms with Gasteiger partial charge in [-0.15, -0.1) is 0 Å². The molecule has 62 valence electrons. The fraction of sp³-hybridized carbons (Fsp3) is 1.00. The highest BCUT2D eigenvalue weighted by atomic mass is 29.1. The summed E-state index contributed by atoms with van der Waals surface area (Å²) in [5.41, 5.74) is 0.366. The molecule has 0 amide bonds. The predicted molar refractivity (Wildman–Crippen MR) is 53.1 cm³/mol. The molecule has 0 unspecified atom stereocenters. The molecule has 0 heterocycles. The van der Waals surface area contributed by atoms with Crippen molar-refractivity contribution in [3.63, 3.8) is 0 Å². The summed E-state index contributed by atoms with van der Waals surface area (Å²) in [5.74, 6) is 0. The summed E-state index contributed by atoms with van der Waals surface area (Å²) in [6.07, 6.45) is 0. The zero-order valence-electron chi connectivity index (χ0n) is 8.12. The van der Waals surface area contributed by atoms with E-state index in [-0.39, 0.29) is 20.3 Å². The number of rotatable bonds is 2. The maximum Gasteiger partial charge on any atom is 0.140 e. The third-order valence-electron chi connectivity index (χ3n) is 2.31. The van der Waals surface area contributed by atoms with Crippen molar-refractivity contribution in [3.05, 3.63) is 0 Å². The van der Waals surface area contributed by atoms with E-state index in [1.165, 1.54) is 9.76 Å². The summed E-state index contributed by atoms with van der Waals surface area (Å²) in [7, 11) is 1.14. The lowest BCUT2D eigenvalue weighted by Crippen LogP contribution is -2.40. The van der Waals surface area contributed by atoms with Crippen LogP contribution < -0.4 is 0 Å². The van der Waals surface area contributed by atoms with Crippen LogP contribution in [0.3, 0.4) is 0 Å². The molecule has 0 aliphatic rings. The zero-order valence-corrected chi connectivity index (χ0v) is 11.5. The first-order valence-corrected chi connectivity index (χ1v) is 10.2. The standard InChI is InChI=1S/C7H20OSi2/c1-6(2,3)7(4,5)8-10-9/h10H2,1-5,9H3. The van der Waals surface area contributed by atoms with E-state index in [0.29, 0.717) is 0 Å². The van der Waals surface area contributed by atoms with Gasteiger partial charge in [-0.1, -0.05) is 20.8 Å². The summed E-state index contributed by atoms with van der Waals surface area (Å²) in [6, 6.07) is 0. The van der Waals surface area contributed by atoms with Gasteiger partial charge in [0.1, 0.15) is 9.28 Å². The van der Waals surface area contributed by atoms with E-state index >= 15 is 0 Å². The van der Waals surface area contributed by atoms with Crippen LogP contribution in [0.5, 0.6) is 0 Å². The molecule has 0 aromatic rings. The van der Waals surface area contributed by atoms with Crippen molar-refractivity contribution in [1.82, 2.24) is 0 Å². The summed E-state index contributed by atoms with van der Waals surface area (Å²) >= 11 is 0. The van der Waals surface area contributed by atoms with E-state index in [0.717, 1.165) is 0 Å². The smallest absolute Gasteiger partial charge is 0.140 e. The van der Waals surface area contributed by atoms with Crippen LogP contribution in [0.2, 0.25) is 0 Å².